The fraction of sp³-hybridized carbons (Fsp3) is 0. The highest BCUT2D eigenvalue weighted by Gasteiger charge is 2.16. The van der Waals surface area contributed by atoms with Crippen molar-refractivity contribution in [2.45, 2.75) is 0 Å². The first kappa shape index (κ1) is 22.6. The van der Waals surface area contributed by atoms with Crippen LogP contribution in [0.25, 0.3) is 81.5 Å². The minimum absolute atomic E-state index is 0.910. The van der Waals surface area contributed by atoms with Crippen LogP contribution in [0.5, 0.6) is 0 Å². The molecule has 3 aromatic heterocycles. The van der Waals surface area contributed by atoms with Gasteiger partial charge in [0.15, 0.2) is 4.96 Å². The lowest BCUT2D eigenvalue weighted by Crippen LogP contribution is -1.87. The Bertz CT molecular complexity index is 2430. The van der Waals surface area contributed by atoms with E-state index < -0.39 is 0 Å². The van der Waals surface area contributed by atoms with Crippen molar-refractivity contribution in [3.05, 3.63) is 133 Å². The van der Waals surface area contributed by atoms with Crippen LogP contribution in [0.15, 0.2) is 138 Å². The molecule has 41 heavy (non-hydrogen) atoms. The number of nitrogens with zero attached hydrogens (tertiary/aromatic N) is 2. The molecule has 0 amide bonds. The average molecular weight is 543 g/mol. The molecular formula is C37H22N2OS. The molecule has 0 aliphatic rings. The number of benzene rings is 6. The van der Waals surface area contributed by atoms with Gasteiger partial charge in [-0.2, -0.15) is 0 Å². The van der Waals surface area contributed by atoms with Crippen molar-refractivity contribution in [3.63, 3.8) is 0 Å². The van der Waals surface area contributed by atoms with Crippen molar-refractivity contribution in [1.29, 1.82) is 0 Å². The third-order valence-corrected chi connectivity index (χ3v) is 9.11. The lowest BCUT2D eigenvalue weighted by Gasteiger charge is -2.12. The van der Waals surface area contributed by atoms with Gasteiger partial charge in [0.2, 0.25) is 0 Å². The summed E-state index contributed by atoms with van der Waals surface area (Å²) in [4.78, 5) is 5.96. The minimum Gasteiger partial charge on any atom is -0.456 e. The lowest BCUT2D eigenvalue weighted by atomic mass is 9.92. The molecule has 192 valence electrons. The van der Waals surface area contributed by atoms with Crippen LogP contribution in [0, 0.1) is 0 Å². The molecule has 0 unspecified atom stereocenters. The van der Waals surface area contributed by atoms with E-state index in [1.807, 2.05) is 18.2 Å². The van der Waals surface area contributed by atoms with Crippen molar-refractivity contribution in [2.24, 2.45) is 0 Å². The number of imidazole rings is 1. The molecule has 0 saturated carbocycles. The molecule has 0 saturated heterocycles. The van der Waals surface area contributed by atoms with Gasteiger partial charge in [0.05, 0.1) is 21.3 Å². The number of fused-ring (bicyclic) bond motifs is 8. The zero-order valence-corrected chi connectivity index (χ0v) is 22.7. The summed E-state index contributed by atoms with van der Waals surface area (Å²) in [6.45, 7) is 0. The molecule has 9 aromatic rings. The van der Waals surface area contributed by atoms with Gasteiger partial charge < -0.3 is 4.42 Å². The standard InChI is InChI=1S/C37H22N2OS/c1-2-9-23(10-3-1)25-19-26(24-17-18-35-30(22-24)29-11-4-7-16-34(29)40-35)21-27(20-25)28-12-8-15-33-36(28)41-37-38-31-13-5-6-14-32(31)39(33)37/h1-22H. The number of para-hydroxylation sites is 3. The molecule has 0 fully saturated rings. The van der Waals surface area contributed by atoms with Crippen LogP contribution in [0.1, 0.15) is 0 Å². The summed E-state index contributed by atoms with van der Waals surface area (Å²) in [5.74, 6) is 0. The van der Waals surface area contributed by atoms with Crippen molar-refractivity contribution in [1.82, 2.24) is 9.38 Å². The molecule has 9 rings (SSSR count). The van der Waals surface area contributed by atoms with E-state index >= 15 is 0 Å². The summed E-state index contributed by atoms with van der Waals surface area (Å²) in [7, 11) is 0. The summed E-state index contributed by atoms with van der Waals surface area (Å²) in [5, 5.41) is 2.28. The van der Waals surface area contributed by atoms with Crippen molar-refractivity contribution in [2.75, 3.05) is 0 Å². The maximum atomic E-state index is 6.12. The maximum absolute atomic E-state index is 6.12. The summed E-state index contributed by atoms with van der Waals surface area (Å²) in [6.07, 6.45) is 0. The largest absolute Gasteiger partial charge is 0.456 e. The van der Waals surface area contributed by atoms with Crippen molar-refractivity contribution in [3.8, 4) is 33.4 Å². The number of aromatic nitrogens is 2. The minimum atomic E-state index is 0.910. The van der Waals surface area contributed by atoms with E-state index in [-0.39, 0.29) is 0 Å². The average Bonchev–Trinajstić information content (AvgIpc) is 3.70. The molecule has 0 aliphatic heterocycles. The lowest BCUT2D eigenvalue weighted by molar-refractivity contribution is 0.669. The molecule has 0 aliphatic carbocycles. The van der Waals surface area contributed by atoms with Crippen LogP contribution in [0.3, 0.4) is 0 Å². The smallest absolute Gasteiger partial charge is 0.195 e. The predicted octanol–water partition coefficient (Wildman–Crippen LogP) is 10.6. The zero-order valence-electron chi connectivity index (χ0n) is 21.9. The molecule has 0 radical (unpaired) electrons. The van der Waals surface area contributed by atoms with E-state index in [4.69, 9.17) is 9.40 Å². The number of furan rings is 1. The van der Waals surface area contributed by atoms with E-state index in [0.29, 0.717) is 0 Å². The maximum Gasteiger partial charge on any atom is 0.195 e. The van der Waals surface area contributed by atoms with E-state index in [9.17, 15) is 0 Å². The Labute approximate surface area is 239 Å². The van der Waals surface area contributed by atoms with Gasteiger partial charge in [-0.1, -0.05) is 90.2 Å². The zero-order chi connectivity index (χ0) is 26.9. The van der Waals surface area contributed by atoms with Crippen molar-refractivity contribution >= 4 is 59.5 Å². The number of thiazole rings is 1. The van der Waals surface area contributed by atoms with Crippen LogP contribution in [0.2, 0.25) is 0 Å². The van der Waals surface area contributed by atoms with Crippen LogP contribution in [-0.2, 0) is 0 Å². The molecule has 3 nitrogen and oxygen atoms in total. The van der Waals surface area contributed by atoms with Gasteiger partial charge in [-0.05, 0) is 82.4 Å². The van der Waals surface area contributed by atoms with Crippen LogP contribution < -0.4 is 0 Å². The van der Waals surface area contributed by atoms with Crippen molar-refractivity contribution < 1.29 is 4.42 Å². The Morgan fingerprint density at radius 3 is 2.17 bits per heavy atom. The van der Waals surface area contributed by atoms with E-state index in [1.165, 1.54) is 43.6 Å². The van der Waals surface area contributed by atoms with Gasteiger partial charge in [0.25, 0.3) is 0 Å². The second-order valence-electron chi connectivity index (χ2n) is 10.4. The van der Waals surface area contributed by atoms with Crippen LogP contribution in [0.4, 0.5) is 0 Å². The van der Waals surface area contributed by atoms with Gasteiger partial charge in [0.1, 0.15) is 11.2 Å². The predicted molar refractivity (Wildman–Crippen MR) is 172 cm³/mol. The van der Waals surface area contributed by atoms with E-state index in [2.05, 4.69) is 120 Å². The second-order valence-corrected chi connectivity index (χ2v) is 11.4. The first-order valence-corrected chi connectivity index (χ1v) is 14.5. The number of hydrogen-bond donors (Lipinski definition) is 0. The Hall–Kier alpha value is -5.19. The number of hydrogen-bond acceptors (Lipinski definition) is 3. The second kappa shape index (κ2) is 8.65. The Balaban J connectivity index is 1.30. The monoisotopic (exact) mass is 542 g/mol. The first-order chi connectivity index (χ1) is 20.3. The fourth-order valence-corrected chi connectivity index (χ4v) is 7.26. The molecule has 4 heteroatoms. The number of rotatable bonds is 3. The fourth-order valence-electron chi connectivity index (χ4n) is 6.08. The highest BCUT2D eigenvalue weighted by molar-refractivity contribution is 7.24. The molecule has 0 bridgehead atoms. The van der Waals surface area contributed by atoms with Gasteiger partial charge in [0, 0.05) is 16.3 Å². The van der Waals surface area contributed by atoms with E-state index in [1.54, 1.807) is 11.3 Å². The van der Waals surface area contributed by atoms with Gasteiger partial charge in [-0.25, -0.2) is 4.98 Å². The Morgan fingerprint density at radius 2 is 1.24 bits per heavy atom. The molecule has 6 aromatic carbocycles. The molecular weight excluding hydrogens is 520 g/mol. The molecule has 0 N–H and O–H groups in total. The Kier molecular flexibility index (Phi) is 4.77. The quantitative estimate of drug-likeness (QED) is 0.222. The summed E-state index contributed by atoms with van der Waals surface area (Å²) in [5.41, 5.74) is 12.3. The molecule has 0 atom stereocenters. The molecule has 0 spiro atoms. The third-order valence-electron chi connectivity index (χ3n) is 8.02. The summed E-state index contributed by atoms with van der Waals surface area (Å²) < 4.78 is 9.66. The summed E-state index contributed by atoms with van der Waals surface area (Å²) in [6, 6.07) is 47.3. The van der Waals surface area contributed by atoms with Crippen LogP contribution in [-0.4, -0.2) is 9.38 Å². The van der Waals surface area contributed by atoms with Gasteiger partial charge in [-0.3, -0.25) is 4.40 Å². The van der Waals surface area contributed by atoms with Crippen LogP contribution >= 0.6 is 11.3 Å². The first-order valence-electron chi connectivity index (χ1n) is 13.7. The Morgan fingerprint density at radius 1 is 0.512 bits per heavy atom. The highest BCUT2D eigenvalue weighted by Crippen LogP contribution is 2.41. The van der Waals surface area contributed by atoms with Gasteiger partial charge in [-0.15, -0.1) is 0 Å². The van der Waals surface area contributed by atoms with E-state index in [0.717, 1.165) is 37.9 Å². The molecule has 3 heterocycles. The summed E-state index contributed by atoms with van der Waals surface area (Å²) >= 11 is 1.76. The van der Waals surface area contributed by atoms with Gasteiger partial charge >= 0.3 is 0 Å². The normalized spacial score (nSPS) is 11.9. The highest BCUT2D eigenvalue weighted by atomic mass is 32.1. The SMILES string of the molecule is c1ccc(-c2cc(-c3ccc4oc5ccccc5c4c3)cc(-c3cccc4c3sc3nc5ccccc5n34)c2)cc1. The third kappa shape index (κ3) is 3.48. The topological polar surface area (TPSA) is 30.4 Å².